The second-order valence-corrected chi connectivity index (χ2v) is 3.11. The molecule has 2 rings (SSSR count). The number of fused-ring (bicyclic) bond motifs is 1. The van der Waals surface area contributed by atoms with Crippen molar-refractivity contribution < 1.29 is 14.3 Å². The molecular weight excluding hydrogens is 182 g/mol. The number of hydrogen-bond acceptors (Lipinski definition) is 4. The van der Waals surface area contributed by atoms with Crippen molar-refractivity contribution in [3.05, 3.63) is 17.7 Å². The molecule has 0 saturated heterocycles. The molecule has 1 aliphatic heterocycles. The lowest BCUT2D eigenvalue weighted by molar-refractivity contribution is 0.101. The number of nitrogens with two attached hydrogens (primary N) is 1. The smallest absolute Gasteiger partial charge is 0.184 e. The number of ketones is 1. The van der Waals surface area contributed by atoms with Gasteiger partial charge in [0, 0.05) is 5.56 Å². The number of anilines is 1. The molecule has 0 radical (unpaired) electrons. The van der Waals surface area contributed by atoms with E-state index in [4.69, 9.17) is 15.2 Å². The SMILES string of the molecule is CC(=O)c1ccc2c(c1N)OCCO2. The molecular formula is C10H11NO3. The summed E-state index contributed by atoms with van der Waals surface area (Å²) in [6.45, 7) is 2.46. The fraction of sp³-hybridized carbons (Fsp3) is 0.300. The summed E-state index contributed by atoms with van der Waals surface area (Å²) in [5.74, 6) is 1.03. The Hall–Kier alpha value is -1.71. The topological polar surface area (TPSA) is 61.6 Å². The predicted molar refractivity (Wildman–Crippen MR) is 51.8 cm³/mol. The van der Waals surface area contributed by atoms with Crippen LogP contribution < -0.4 is 15.2 Å². The van der Waals surface area contributed by atoms with Crippen molar-refractivity contribution in [3.8, 4) is 11.5 Å². The first-order valence-electron chi connectivity index (χ1n) is 4.39. The third-order valence-corrected chi connectivity index (χ3v) is 2.13. The van der Waals surface area contributed by atoms with Gasteiger partial charge in [-0.3, -0.25) is 4.79 Å². The van der Waals surface area contributed by atoms with Crippen LogP contribution in [-0.2, 0) is 0 Å². The zero-order chi connectivity index (χ0) is 10.1. The Morgan fingerprint density at radius 2 is 2.07 bits per heavy atom. The largest absolute Gasteiger partial charge is 0.486 e. The third kappa shape index (κ3) is 1.28. The van der Waals surface area contributed by atoms with Crippen molar-refractivity contribution >= 4 is 11.5 Å². The summed E-state index contributed by atoms with van der Waals surface area (Å²) in [5, 5.41) is 0. The standard InChI is InChI=1S/C10H11NO3/c1-6(12)7-2-3-8-10(9(7)11)14-5-4-13-8/h2-3H,4-5,11H2,1H3. The fourth-order valence-corrected chi connectivity index (χ4v) is 1.44. The van der Waals surface area contributed by atoms with E-state index in [0.717, 1.165) is 0 Å². The molecule has 1 aliphatic rings. The third-order valence-electron chi connectivity index (χ3n) is 2.13. The number of Topliss-reactive ketones (excluding diaryl/α,β-unsaturated/α-hetero) is 1. The highest BCUT2D eigenvalue weighted by Crippen LogP contribution is 2.37. The van der Waals surface area contributed by atoms with Crippen LogP contribution in [-0.4, -0.2) is 19.0 Å². The van der Waals surface area contributed by atoms with Crippen molar-refractivity contribution in [2.75, 3.05) is 18.9 Å². The number of hydrogen-bond donors (Lipinski definition) is 1. The molecule has 0 amide bonds. The molecule has 0 unspecified atom stereocenters. The molecule has 4 heteroatoms. The molecule has 0 aromatic heterocycles. The van der Waals surface area contributed by atoms with E-state index >= 15 is 0 Å². The summed E-state index contributed by atoms with van der Waals surface area (Å²) in [6, 6.07) is 3.37. The van der Waals surface area contributed by atoms with Crippen LogP contribution in [0.1, 0.15) is 17.3 Å². The average molecular weight is 193 g/mol. The van der Waals surface area contributed by atoms with E-state index in [2.05, 4.69) is 0 Å². The molecule has 1 heterocycles. The predicted octanol–water partition coefficient (Wildman–Crippen LogP) is 1.24. The van der Waals surface area contributed by atoms with Crippen LogP contribution in [0.15, 0.2) is 12.1 Å². The Labute approximate surface area is 81.6 Å². The average Bonchev–Trinajstić information content (AvgIpc) is 2.18. The van der Waals surface area contributed by atoms with E-state index in [1.54, 1.807) is 12.1 Å². The van der Waals surface area contributed by atoms with Crippen LogP contribution in [0.2, 0.25) is 0 Å². The highest BCUT2D eigenvalue weighted by atomic mass is 16.6. The Kier molecular flexibility index (Phi) is 2.04. The molecule has 14 heavy (non-hydrogen) atoms. The van der Waals surface area contributed by atoms with Gasteiger partial charge in [-0.05, 0) is 19.1 Å². The summed E-state index contributed by atoms with van der Waals surface area (Å²) in [6.07, 6.45) is 0. The van der Waals surface area contributed by atoms with E-state index in [1.165, 1.54) is 6.92 Å². The highest BCUT2D eigenvalue weighted by molar-refractivity contribution is 6.00. The van der Waals surface area contributed by atoms with Crippen molar-refractivity contribution in [2.45, 2.75) is 6.92 Å². The molecule has 0 saturated carbocycles. The molecule has 0 bridgehead atoms. The lowest BCUT2D eigenvalue weighted by atomic mass is 10.1. The van der Waals surface area contributed by atoms with Crippen LogP contribution in [0.25, 0.3) is 0 Å². The molecule has 0 atom stereocenters. The van der Waals surface area contributed by atoms with Crippen molar-refractivity contribution in [2.24, 2.45) is 0 Å². The minimum atomic E-state index is -0.0699. The van der Waals surface area contributed by atoms with Gasteiger partial charge in [0.1, 0.15) is 13.2 Å². The quantitative estimate of drug-likeness (QED) is 0.538. The summed E-state index contributed by atoms with van der Waals surface area (Å²) in [4.78, 5) is 11.2. The maximum Gasteiger partial charge on any atom is 0.184 e. The monoisotopic (exact) mass is 193 g/mol. The number of nitrogen functional groups attached to an aromatic ring is 1. The first-order valence-corrected chi connectivity index (χ1v) is 4.39. The Morgan fingerprint density at radius 3 is 2.79 bits per heavy atom. The maximum absolute atomic E-state index is 11.2. The second kappa shape index (κ2) is 3.21. The van der Waals surface area contributed by atoms with Gasteiger partial charge in [0.15, 0.2) is 17.3 Å². The van der Waals surface area contributed by atoms with E-state index in [-0.39, 0.29) is 5.78 Å². The minimum absolute atomic E-state index is 0.0699. The molecule has 0 fully saturated rings. The molecule has 1 aromatic rings. The Bertz CT molecular complexity index is 387. The number of rotatable bonds is 1. The lowest BCUT2D eigenvalue weighted by Crippen LogP contribution is -2.17. The zero-order valence-corrected chi connectivity index (χ0v) is 7.87. The molecule has 74 valence electrons. The summed E-state index contributed by atoms with van der Waals surface area (Å²) in [5.41, 5.74) is 6.63. The van der Waals surface area contributed by atoms with Gasteiger partial charge in [0.25, 0.3) is 0 Å². The van der Waals surface area contributed by atoms with Gasteiger partial charge in [-0.1, -0.05) is 0 Å². The van der Waals surface area contributed by atoms with Crippen LogP contribution in [0, 0.1) is 0 Å². The van der Waals surface area contributed by atoms with Gasteiger partial charge >= 0.3 is 0 Å². The van der Waals surface area contributed by atoms with E-state index in [1.807, 2.05) is 0 Å². The first kappa shape index (κ1) is 8.87. The van der Waals surface area contributed by atoms with Crippen LogP contribution in [0.5, 0.6) is 11.5 Å². The van der Waals surface area contributed by atoms with Gasteiger partial charge in [0.2, 0.25) is 0 Å². The normalized spacial score (nSPS) is 13.8. The van der Waals surface area contributed by atoms with Gasteiger partial charge in [-0.25, -0.2) is 0 Å². The van der Waals surface area contributed by atoms with E-state index in [0.29, 0.717) is 36.0 Å². The van der Waals surface area contributed by atoms with Crippen molar-refractivity contribution in [1.29, 1.82) is 0 Å². The van der Waals surface area contributed by atoms with E-state index < -0.39 is 0 Å². The molecule has 4 nitrogen and oxygen atoms in total. The van der Waals surface area contributed by atoms with Gasteiger partial charge < -0.3 is 15.2 Å². The number of carbonyl (C=O) groups is 1. The molecule has 0 aliphatic carbocycles. The molecule has 0 spiro atoms. The van der Waals surface area contributed by atoms with Crippen LogP contribution >= 0.6 is 0 Å². The summed E-state index contributed by atoms with van der Waals surface area (Å²) >= 11 is 0. The lowest BCUT2D eigenvalue weighted by Gasteiger charge is -2.20. The first-order chi connectivity index (χ1) is 6.70. The number of carbonyl (C=O) groups excluding carboxylic acids is 1. The highest BCUT2D eigenvalue weighted by Gasteiger charge is 2.18. The van der Waals surface area contributed by atoms with Gasteiger partial charge in [-0.2, -0.15) is 0 Å². The molecule has 2 N–H and O–H groups in total. The van der Waals surface area contributed by atoms with E-state index in [9.17, 15) is 4.79 Å². The second-order valence-electron chi connectivity index (χ2n) is 3.11. The zero-order valence-electron chi connectivity index (χ0n) is 7.87. The summed E-state index contributed by atoms with van der Waals surface area (Å²) < 4.78 is 10.7. The van der Waals surface area contributed by atoms with Crippen LogP contribution in [0.4, 0.5) is 5.69 Å². The number of ether oxygens (including phenoxy) is 2. The minimum Gasteiger partial charge on any atom is -0.486 e. The van der Waals surface area contributed by atoms with Crippen molar-refractivity contribution in [3.63, 3.8) is 0 Å². The molecule has 1 aromatic carbocycles. The fourth-order valence-electron chi connectivity index (χ4n) is 1.44. The maximum atomic E-state index is 11.2. The van der Waals surface area contributed by atoms with Gasteiger partial charge in [0.05, 0.1) is 5.69 Å². The van der Waals surface area contributed by atoms with Crippen molar-refractivity contribution in [1.82, 2.24) is 0 Å². The Morgan fingerprint density at radius 1 is 1.36 bits per heavy atom. The number of benzene rings is 1. The van der Waals surface area contributed by atoms with Crippen LogP contribution in [0.3, 0.4) is 0 Å². The Balaban J connectivity index is 2.54. The summed E-state index contributed by atoms with van der Waals surface area (Å²) in [7, 11) is 0. The van der Waals surface area contributed by atoms with Gasteiger partial charge in [-0.15, -0.1) is 0 Å².